The second kappa shape index (κ2) is 4.49. The maximum Gasteiger partial charge on any atom is 0.323 e. The summed E-state index contributed by atoms with van der Waals surface area (Å²) in [7, 11) is 2.04. The zero-order valence-electron chi connectivity index (χ0n) is 9.86. The summed E-state index contributed by atoms with van der Waals surface area (Å²) in [6.07, 6.45) is 3.12. The maximum absolute atomic E-state index is 10.8. The SMILES string of the molecule is CC(C1CC1)N(C)CCC(C)(N)C(=O)O. The monoisotopic (exact) mass is 214 g/mol. The molecule has 0 aromatic rings. The Balaban J connectivity index is 2.32. The molecule has 4 nitrogen and oxygen atoms in total. The summed E-state index contributed by atoms with van der Waals surface area (Å²) in [4.78, 5) is 13.0. The van der Waals surface area contributed by atoms with Crippen LogP contribution in [0.1, 0.15) is 33.1 Å². The molecule has 0 radical (unpaired) electrons. The third-order valence-electron chi connectivity index (χ3n) is 3.47. The molecule has 0 heterocycles. The van der Waals surface area contributed by atoms with Crippen LogP contribution < -0.4 is 5.73 Å². The molecule has 2 atom stereocenters. The lowest BCUT2D eigenvalue weighted by atomic mass is 9.99. The Morgan fingerprint density at radius 2 is 2.20 bits per heavy atom. The van der Waals surface area contributed by atoms with Crippen molar-refractivity contribution in [3.63, 3.8) is 0 Å². The topological polar surface area (TPSA) is 66.6 Å². The second-order valence-electron chi connectivity index (χ2n) is 5.03. The Labute approximate surface area is 91.4 Å². The molecule has 1 aliphatic rings. The molecule has 1 saturated carbocycles. The van der Waals surface area contributed by atoms with Crippen LogP contribution in [0.25, 0.3) is 0 Å². The van der Waals surface area contributed by atoms with Crippen LogP contribution in [0.3, 0.4) is 0 Å². The van der Waals surface area contributed by atoms with Gasteiger partial charge in [0.05, 0.1) is 0 Å². The van der Waals surface area contributed by atoms with E-state index < -0.39 is 11.5 Å². The molecule has 15 heavy (non-hydrogen) atoms. The van der Waals surface area contributed by atoms with Gasteiger partial charge < -0.3 is 15.7 Å². The van der Waals surface area contributed by atoms with Crippen molar-refractivity contribution in [1.82, 2.24) is 4.90 Å². The van der Waals surface area contributed by atoms with Crippen LogP contribution in [0.2, 0.25) is 0 Å². The molecule has 1 rings (SSSR count). The summed E-state index contributed by atoms with van der Waals surface area (Å²) in [6.45, 7) is 4.52. The standard InChI is InChI=1S/C11H22N2O2/c1-8(9-4-5-9)13(3)7-6-11(2,12)10(14)15/h8-9H,4-7,12H2,1-3H3,(H,14,15). The molecular weight excluding hydrogens is 192 g/mol. The normalized spacial score (nSPS) is 22.5. The molecule has 0 spiro atoms. The molecule has 0 amide bonds. The highest BCUT2D eigenvalue weighted by Crippen LogP contribution is 2.34. The summed E-state index contributed by atoms with van der Waals surface area (Å²) >= 11 is 0. The number of hydrogen-bond donors (Lipinski definition) is 2. The Bertz CT molecular complexity index is 237. The second-order valence-corrected chi connectivity index (χ2v) is 5.03. The lowest BCUT2D eigenvalue weighted by Gasteiger charge is -2.28. The molecule has 0 aromatic carbocycles. The predicted octanol–water partition coefficient (Wildman–Crippen LogP) is 0.909. The van der Waals surface area contributed by atoms with Gasteiger partial charge in [-0.15, -0.1) is 0 Å². The van der Waals surface area contributed by atoms with Gasteiger partial charge in [-0.05, 0) is 46.1 Å². The fraction of sp³-hybridized carbons (Fsp3) is 0.909. The van der Waals surface area contributed by atoms with Crippen LogP contribution in [0.4, 0.5) is 0 Å². The molecule has 88 valence electrons. The van der Waals surface area contributed by atoms with Gasteiger partial charge in [-0.2, -0.15) is 0 Å². The zero-order chi connectivity index (χ0) is 11.6. The number of carboxylic acids is 1. The molecule has 3 N–H and O–H groups in total. The number of nitrogens with zero attached hydrogens (tertiary/aromatic N) is 1. The number of carbonyl (C=O) groups is 1. The van der Waals surface area contributed by atoms with E-state index in [0.29, 0.717) is 12.5 Å². The first-order valence-corrected chi connectivity index (χ1v) is 5.57. The molecular formula is C11H22N2O2. The first-order valence-electron chi connectivity index (χ1n) is 5.57. The summed E-state index contributed by atoms with van der Waals surface area (Å²) < 4.78 is 0. The van der Waals surface area contributed by atoms with Crippen molar-refractivity contribution < 1.29 is 9.90 Å². The van der Waals surface area contributed by atoms with E-state index in [-0.39, 0.29) is 0 Å². The summed E-state index contributed by atoms with van der Waals surface area (Å²) in [5.74, 6) is -0.112. The van der Waals surface area contributed by atoms with Crippen molar-refractivity contribution in [1.29, 1.82) is 0 Å². The largest absolute Gasteiger partial charge is 0.480 e. The molecule has 2 unspecified atom stereocenters. The first kappa shape index (κ1) is 12.5. The predicted molar refractivity (Wildman–Crippen MR) is 59.7 cm³/mol. The Morgan fingerprint density at radius 3 is 2.60 bits per heavy atom. The van der Waals surface area contributed by atoms with Crippen LogP contribution in [-0.4, -0.2) is 41.1 Å². The van der Waals surface area contributed by atoms with Crippen LogP contribution in [-0.2, 0) is 4.79 Å². The summed E-state index contributed by atoms with van der Waals surface area (Å²) in [5.41, 5.74) is 4.57. The van der Waals surface area contributed by atoms with Crippen LogP contribution >= 0.6 is 0 Å². The van der Waals surface area contributed by atoms with Crippen molar-refractivity contribution >= 4 is 5.97 Å². The molecule has 0 bridgehead atoms. The van der Waals surface area contributed by atoms with Crippen molar-refractivity contribution in [3.8, 4) is 0 Å². The number of aliphatic carboxylic acids is 1. The van der Waals surface area contributed by atoms with Gasteiger partial charge >= 0.3 is 5.97 Å². The van der Waals surface area contributed by atoms with Gasteiger partial charge in [0, 0.05) is 12.6 Å². The van der Waals surface area contributed by atoms with Crippen molar-refractivity contribution in [2.45, 2.75) is 44.7 Å². The first-order chi connectivity index (χ1) is 6.84. The maximum atomic E-state index is 10.8. The van der Waals surface area contributed by atoms with Crippen LogP contribution in [0.5, 0.6) is 0 Å². The van der Waals surface area contributed by atoms with E-state index in [1.807, 2.05) is 7.05 Å². The van der Waals surface area contributed by atoms with E-state index in [9.17, 15) is 4.79 Å². The van der Waals surface area contributed by atoms with E-state index >= 15 is 0 Å². The summed E-state index contributed by atoms with van der Waals surface area (Å²) in [6, 6.07) is 0.551. The fourth-order valence-electron chi connectivity index (χ4n) is 1.66. The highest BCUT2D eigenvalue weighted by molar-refractivity contribution is 5.77. The minimum Gasteiger partial charge on any atom is -0.480 e. The fourth-order valence-corrected chi connectivity index (χ4v) is 1.66. The lowest BCUT2D eigenvalue weighted by Crippen LogP contribution is -2.47. The average molecular weight is 214 g/mol. The average Bonchev–Trinajstić information content (AvgIpc) is 2.96. The minimum atomic E-state index is -1.10. The van der Waals surface area contributed by atoms with Gasteiger partial charge in [0.1, 0.15) is 5.54 Å². The van der Waals surface area contributed by atoms with Gasteiger partial charge in [0.15, 0.2) is 0 Å². The Hall–Kier alpha value is -0.610. The number of hydrogen-bond acceptors (Lipinski definition) is 3. The van der Waals surface area contributed by atoms with Crippen molar-refractivity contribution in [2.24, 2.45) is 11.7 Å². The summed E-state index contributed by atoms with van der Waals surface area (Å²) in [5, 5.41) is 8.87. The lowest BCUT2D eigenvalue weighted by molar-refractivity contribution is -0.143. The van der Waals surface area contributed by atoms with Gasteiger partial charge in [-0.25, -0.2) is 0 Å². The van der Waals surface area contributed by atoms with Gasteiger partial charge in [0.2, 0.25) is 0 Å². The van der Waals surface area contributed by atoms with Crippen LogP contribution in [0, 0.1) is 5.92 Å². The van der Waals surface area contributed by atoms with Crippen LogP contribution in [0.15, 0.2) is 0 Å². The number of rotatable bonds is 6. The minimum absolute atomic E-state index is 0.496. The third-order valence-corrected chi connectivity index (χ3v) is 3.47. The highest BCUT2D eigenvalue weighted by atomic mass is 16.4. The highest BCUT2D eigenvalue weighted by Gasteiger charge is 2.32. The van der Waals surface area contributed by atoms with Crippen molar-refractivity contribution in [3.05, 3.63) is 0 Å². The quantitative estimate of drug-likeness (QED) is 0.689. The number of nitrogens with two attached hydrogens (primary N) is 1. The molecule has 4 heteroatoms. The molecule has 1 aliphatic carbocycles. The Kier molecular flexibility index (Phi) is 3.73. The van der Waals surface area contributed by atoms with E-state index in [4.69, 9.17) is 10.8 Å². The van der Waals surface area contributed by atoms with E-state index in [0.717, 1.165) is 12.5 Å². The molecule has 0 saturated heterocycles. The van der Waals surface area contributed by atoms with Gasteiger partial charge in [0.25, 0.3) is 0 Å². The Morgan fingerprint density at radius 1 is 1.67 bits per heavy atom. The third kappa shape index (κ3) is 3.47. The van der Waals surface area contributed by atoms with Crippen molar-refractivity contribution in [2.75, 3.05) is 13.6 Å². The smallest absolute Gasteiger partial charge is 0.323 e. The van der Waals surface area contributed by atoms with E-state index in [1.165, 1.54) is 12.8 Å². The van der Waals surface area contributed by atoms with E-state index in [2.05, 4.69) is 11.8 Å². The van der Waals surface area contributed by atoms with Gasteiger partial charge in [-0.1, -0.05) is 0 Å². The molecule has 1 fully saturated rings. The molecule has 0 aromatic heterocycles. The molecule has 0 aliphatic heterocycles. The number of carboxylic acid groups (broad SMARTS) is 1. The van der Waals surface area contributed by atoms with Gasteiger partial charge in [-0.3, -0.25) is 4.79 Å². The van der Waals surface area contributed by atoms with E-state index in [1.54, 1.807) is 6.92 Å². The zero-order valence-corrected chi connectivity index (χ0v) is 9.86.